The maximum Gasteiger partial charge on any atom is -0.0194 e. The van der Waals surface area contributed by atoms with Crippen LogP contribution in [0.4, 0.5) is 0 Å². The van der Waals surface area contributed by atoms with Gasteiger partial charge in [-0.1, -0.05) is 35.6 Å². The van der Waals surface area contributed by atoms with Crippen molar-refractivity contribution in [1.82, 2.24) is 0 Å². The second-order valence-electron chi connectivity index (χ2n) is 0.652. The van der Waals surface area contributed by atoms with Gasteiger partial charge in [0.1, 0.15) is 0 Å². The average Bonchev–Trinajstić information content (AvgIpc) is 1.41. The number of hydrogen-bond donors (Lipinski definition) is 0. The third kappa shape index (κ3) is 4.47. The monoisotopic (exact) mass is 181 g/mol. The number of hydrogen-bond acceptors (Lipinski definition) is 0. The molecule has 0 aliphatic rings. The normalized spacial score (nSPS) is 10.0. The fourth-order valence-corrected chi connectivity index (χ4v) is 0.488. The fraction of sp³-hybridized carbons (Fsp3) is 0.250. The van der Waals surface area contributed by atoms with Crippen molar-refractivity contribution >= 4 is 22.6 Å². The number of halogens is 1. The van der Waals surface area contributed by atoms with Gasteiger partial charge >= 0.3 is 0 Å². The molecule has 5 heavy (non-hydrogen) atoms. The van der Waals surface area contributed by atoms with Gasteiger partial charge in [0, 0.05) is 0 Å². The zero-order valence-corrected chi connectivity index (χ0v) is 5.27. The van der Waals surface area contributed by atoms with Crippen molar-refractivity contribution in [3.63, 3.8) is 0 Å². The van der Waals surface area contributed by atoms with Crippen LogP contribution >= 0.6 is 22.6 Å². The van der Waals surface area contributed by atoms with Crippen molar-refractivity contribution in [3.05, 3.63) is 16.6 Å². The summed E-state index contributed by atoms with van der Waals surface area (Å²) in [7, 11) is 0. The van der Waals surface area contributed by atoms with Crippen LogP contribution in [-0.2, 0) is 0 Å². The molecular weight excluding hydrogens is 175 g/mol. The van der Waals surface area contributed by atoms with E-state index in [0.29, 0.717) is 0 Å². The van der Waals surface area contributed by atoms with Gasteiger partial charge in [-0.3, -0.25) is 0 Å². The summed E-state index contributed by atoms with van der Waals surface area (Å²) in [5.74, 6) is 0. The molecule has 1 radical (unpaired) electrons. The van der Waals surface area contributed by atoms with Crippen molar-refractivity contribution in [1.29, 1.82) is 0 Å². The zero-order chi connectivity index (χ0) is 4.12. The van der Waals surface area contributed by atoms with Crippen molar-refractivity contribution in [3.8, 4) is 0 Å². The Labute approximate surface area is 46.4 Å². The first kappa shape index (κ1) is 5.47. The molecular formula is C4H6I. The maximum absolute atomic E-state index is 2.18. The van der Waals surface area contributed by atoms with Crippen LogP contribution in [-0.4, -0.2) is 0 Å². The molecule has 0 rings (SSSR count). The van der Waals surface area contributed by atoms with Crippen molar-refractivity contribution in [2.45, 2.75) is 6.92 Å². The van der Waals surface area contributed by atoms with Gasteiger partial charge in [-0.15, -0.1) is 0 Å². The van der Waals surface area contributed by atoms with E-state index in [0.717, 1.165) is 0 Å². The van der Waals surface area contributed by atoms with Gasteiger partial charge in [0.15, 0.2) is 0 Å². The largest absolute Gasteiger partial charge is 0.0750 e. The van der Waals surface area contributed by atoms with Crippen LogP contribution in [0.2, 0.25) is 0 Å². The summed E-state index contributed by atoms with van der Waals surface area (Å²) in [5, 5.41) is 0. The van der Waals surface area contributed by atoms with E-state index < -0.39 is 0 Å². The molecule has 29 valence electrons. The molecule has 1 heteroatoms. The van der Waals surface area contributed by atoms with Gasteiger partial charge in [-0.2, -0.15) is 0 Å². The topological polar surface area (TPSA) is 0 Å². The van der Waals surface area contributed by atoms with Crippen LogP contribution < -0.4 is 0 Å². The van der Waals surface area contributed by atoms with Crippen LogP contribution in [0.1, 0.15) is 6.92 Å². The minimum Gasteiger partial charge on any atom is -0.0750 e. The molecule has 0 aromatic heterocycles. The molecule has 0 saturated heterocycles. The zero-order valence-electron chi connectivity index (χ0n) is 3.11. The molecule has 0 saturated carbocycles. The van der Waals surface area contributed by atoms with E-state index in [2.05, 4.69) is 22.6 Å². The molecule has 0 atom stereocenters. The van der Waals surface area contributed by atoms with Crippen LogP contribution in [0.5, 0.6) is 0 Å². The van der Waals surface area contributed by atoms with E-state index in [4.69, 9.17) is 0 Å². The molecule has 0 amide bonds. The second kappa shape index (κ2) is 4.47. The predicted molar refractivity (Wildman–Crippen MR) is 33.1 cm³/mol. The van der Waals surface area contributed by atoms with Crippen LogP contribution in [0, 0.1) is 6.42 Å². The summed E-state index contributed by atoms with van der Waals surface area (Å²) in [4.78, 5) is 0. The fourth-order valence-electron chi connectivity index (χ4n) is 0.0727. The SMILES string of the molecule is C[CH]C=CI. The minimum absolute atomic E-state index is 1.97. The Morgan fingerprint density at radius 1 is 1.60 bits per heavy atom. The summed E-state index contributed by atoms with van der Waals surface area (Å²) in [6.45, 7) is 2.00. The van der Waals surface area contributed by atoms with E-state index in [-0.39, 0.29) is 0 Å². The van der Waals surface area contributed by atoms with E-state index in [1.54, 1.807) is 0 Å². The third-order valence-electron chi connectivity index (χ3n) is 0.265. The van der Waals surface area contributed by atoms with Crippen molar-refractivity contribution in [2.24, 2.45) is 0 Å². The van der Waals surface area contributed by atoms with Gasteiger partial charge in [0.2, 0.25) is 0 Å². The Balaban J connectivity index is 2.62. The van der Waals surface area contributed by atoms with E-state index >= 15 is 0 Å². The first-order valence-corrected chi connectivity index (χ1v) is 2.71. The van der Waals surface area contributed by atoms with Gasteiger partial charge in [0.05, 0.1) is 0 Å². The Bertz CT molecular complexity index is 30.6. The van der Waals surface area contributed by atoms with Crippen molar-refractivity contribution < 1.29 is 0 Å². The first-order chi connectivity index (χ1) is 2.41. The van der Waals surface area contributed by atoms with Gasteiger partial charge < -0.3 is 0 Å². The summed E-state index contributed by atoms with van der Waals surface area (Å²) >= 11 is 2.18. The lowest BCUT2D eigenvalue weighted by atomic mass is 10.5. The lowest BCUT2D eigenvalue weighted by Crippen LogP contribution is -1.43. The van der Waals surface area contributed by atoms with Crippen LogP contribution in [0.3, 0.4) is 0 Å². The first-order valence-electron chi connectivity index (χ1n) is 1.46. The summed E-state index contributed by atoms with van der Waals surface area (Å²) in [5.41, 5.74) is 0. The Morgan fingerprint density at radius 3 is 2.20 bits per heavy atom. The van der Waals surface area contributed by atoms with Crippen molar-refractivity contribution in [2.75, 3.05) is 0 Å². The lowest BCUT2D eigenvalue weighted by molar-refractivity contribution is 1.57. The Morgan fingerprint density at radius 2 is 2.20 bits per heavy atom. The van der Waals surface area contributed by atoms with Gasteiger partial charge in [0.25, 0.3) is 0 Å². The molecule has 0 aromatic rings. The number of allylic oxidation sites excluding steroid dienone is 1. The van der Waals surface area contributed by atoms with Crippen LogP contribution in [0.25, 0.3) is 0 Å². The highest BCUT2D eigenvalue weighted by Crippen LogP contribution is 1.83. The average molecular weight is 181 g/mol. The summed E-state index contributed by atoms with van der Waals surface area (Å²) in [6.07, 6.45) is 3.98. The molecule has 0 aromatic carbocycles. The van der Waals surface area contributed by atoms with Gasteiger partial charge in [-0.05, 0) is 10.5 Å². The predicted octanol–water partition coefficient (Wildman–Crippen LogP) is 2.16. The van der Waals surface area contributed by atoms with E-state index in [1.165, 1.54) is 0 Å². The highest BCUT2D eigenvalue weighted by atomic mass is 127. The Kier molecular flexibility index (Phi) is 4.89. The molecule has 0 nitrogen and oxygen atoms in total. The molecule has 0 heterocycles. The molecule has 0 N–H and O–H groups in total. The second-order valence-corrected chi connectivity index (χ2v) is 1.37. The molecule has 0 bridgehead atoms. The third-order valence-corrected chi connectivity index (χ3v) is 0.680. The maximum atomic E-state index is 2.18. The van der Waals surface area contributed by atoms with Gasteiger partial charge in [-0.25, -0.2) is 0 Å². The van der Waals surface area contributed by atoms with E-state index in [9.17, 15) is 0 Å². The summed E-state index contributed by atoms with van der Waals surface area (Å²) in [6, 6.07) is 0. The Hall–Kier alpha value is 0.470. The molecule has 0 spiro atoms. The quantitative estimate of drug-likeness (QED) is 0.543. The molecule has 0 fully saturated rings. The highest BCUT2D eigenvalue weighted by molar-refractivity contribution is 14.1. The molecule has 0 aliphatic heterocycles. The summed E-state index contributed by atoms with van der Waals surface area (Å²) < 4.78 is 1.97. The molecule has 0 unspecified atom stereocenters. The van der Waals surface area contributed by atoms with Crippen LogP contribution in [0.15, 0.2) is 10.2 Å². The molecule has 0 aliphatic carbocycles. The highest BCUT2D eigenvalue weighted by Gasteiger charge is 1.54. The minimum atomic E-state index is 1.97. The lowest BCUT2D eigenvalue weighted by Gasteiger charge is -1.63. The van der Waals surface area contributed by atoms with E-state index in [1.807, 2.05) is 23.5 Å². The smallest absolute Gasteiger partial charge is 0.0194 e. The standard InChI is InChI=1S/C4H6I/c1-2-3-4-5/h2-4H,1H3. The number of rotatable bonds is 1.